The standard InChI is InChI=1S/C23H23N3O6S/c1-3-24-23(25-12-14-4-9-17-18(10-14)32-13-31-17)33-19-11-20(27)26(21(19)28)16-7-5-15(6-8-16)22(29)30-2/h4-10,19H,3,11-13H2,1-2H3,(H,24,25). The van der Waals surface area contributed by atoms with E-state index < -0.39 is 11.2 Å². The van der Waals surface area contributed by atoms with Crippen molar-refractivity contribution in [3.05, 3.63) is 53.6 Å². The van der Waals surface area contributed by atoms with Gasteiger partial charge in [0.25, 0.3) is 0 Å². The van der Waals surface area contributed by atoms with Crippen LogP contribution < -0.4 is 19.7 Å². The Bertz CT molecular complexity index is 1100. The minimum Gasteiger partial charge on any atom is -0.465 e. The van der Waals surface area contributed by atoms with Crippen LogP contribution in [0.4, 0.5) is 5.69 Å². The highest BCUT2D eigenvalue weighted by Gasteiger charge is 2.40. The minimum atomic E-state index is -0.590. The van der Waals surface area contributed by atoms with Crippen molar-refractivity contribution in [3.63, 3.8) is 0 Å². The fourth-order valence-corrected chi connectivity index (χ4v) is 4.52. The van der Waals surface area contributed by atoms with Gasteiger partial charge in [-0.15, -0.1) is 0 Å². The molecule has 1 fully saturated rings. The molecule has 2 aromatic rings. The van der Waals surface area contributed by atoms with Crippen LogP contribution in [-0.4, -0.2) is 48.6 Å². The first-order valence-corrected chi connectivity index (χ1v) is 11.3. The van der Waals surface area contributed by atoms with E-state index in [0.717, 1.165) is 10.5 Å². The number of carbonyl (C=O) groups excluding carboxylic acids is 3. The highest BCUT2D eigenvalue weighted by molar-refractivity contribution is 8.15. The smallest absolute Gasteiger partial charge is 0.337 e. The number of anilines is 1. The number of rotatable bonds is 6. The number of esters is 1. The van der Waals surface area contributed by atoms with Crippen molar-refractivity contribution < 1.29 is 28.6 Å². The maximum Gasteiger partial charge on any atom is 0.337 e. The van der Waals surface area contributed by atoms with Gasteiger partial charge in [-0.3, -0.25) is 14.6 Å². The van der Waals surface area contributed by atoms with E-state index in [-0.39, 0.29) is 25.0 Å². The van der Waals surface area contributed by atoms with E-state index in [1.807, 2.05) is 25.1 Å². The molecule has 0 aromatic heterocycles. The van der Waals surface area contributed by atoms with Crippen molar-refractivity contribution in [1.82, 2.24) is 5.32 Å². The van der Waals surface area contributed by atoms with Crippen molar-refractivity contribution in [2.75, 3.05) is 25.3 Å². The fraction of sp³-hybridized carbons (Fsp3) is 0.304. The summed E-state index contributed by atoms with van der Waals surface area (Å²) in [4.78, 5) is 43.0. The molecule has 0 aliphatic carbocycles. The molecule has 2 aromatic carbocycles. The second-order valence-electron chi connectivity index (χ2n) is 7.26. The van der Waals surface area contributed by atoms with Gasteiger partial charge in [-0.2, -0.15) is 0 Å². The summed E-state index contributed by atoms with van der Waals surface area (Å²) in [5, 5.41) is 3.17. The van der Waals surface area contributed by atoms with Gasteiger partial charge < -0.3 is 19.5 Å². The Balaban J connectivity index is 1.45. The molecule has 9 nitrogen and oxygen atoms in total. The summed E-state index contributed by atoms with van der Waals surface area (Å²) < 4.78 is 15.4. The van der Waals surface area contributed by atoms with E-state index in [9.17, 15) is 14.4 Å². The first-order valence-electron chi connectivity index (χ1n) is 10.4. The largest absolute Gasteiger partial charge is 0.465 e. The molecule has 0 radical (unpaired) electrons. The molecule has 0 saturated carbocycles. The first-order chi connectivity index (χ1) is 16.0. The Morgan fingerprint density at radius 3 is 2.67 bits per heavy atom. The summed E-state index contributed by atoms with van der Waals surface area (Å²) >= 11 is 1.24. The van der Waals surface area contributed by atoms with E-state index in [2.05, 4.69) is 15.0 Å². The summed E-state index contributed by atoms with van der Waals surface area (Å²) in [7, 11) is 1.29. The first kappa shape index (κ1) is 22.7. The molecule has 2 amide bonds. The summed E-state index contributed by atoms with van der Waals surface area (Å²) in [5.74, 6) is 0.298. The minimum absolute atomic E-state index is 0.0662. The van der Waals surface area contributed by atoms with E-state index in [1.54, 1.807) is 12.1 Å². The lowest BCUT2D eigenvalue weighted by molar-refractivity contribution is -0.121. The number of fused-ring (bicyclic) bond motifs is 1. The summed E-state index contributed by atoms with van der Waals surface area (Å²) in [6.07, 6.45) is 0.0662. The topological polar surface area (TPSA) is 107 Å². The number of thioether (sulfide) groups is 1. The van der Waals surface area contributed by atoms with Crippen LogP contribution >= 0.6 is 11.8 Å². The van der Waals surface area contributed by atoms with Crippen LogP contribution in [0.15, 0.2) is 47.5 Å². The monoisotopic (exact) mass is 469 g/mol. The van der Waals surface area contributed by atoms with Gasteiger partial charge in [-0.05, 0) is 48.9 Å². The third kappa shape index (κ3) is 4.95. The number of amidine groups is 1. The number of hydrogen-bond acceptors (Lipinski definition) is 8. The van der Waals surface area contributed by atoms with Gasteiger partial charge in [-0.1, -0.05) is 17.8 Å². The number of imide groups is 1. The second-order valence-corrected chi connectivity index (χ2v) is 8.45. The summed E-state index contributed by atoms with van der Waals surface area (Å²) in [6.45, 7) is 3.16. The number of methoxy groups -OCH3 is 1. The van der Waals surface area contributed by atoms with Crippen molar-refractivity contribution >= 4 is 40.4 Å². The number of carbonyl (C=O) groups is 3. The van der Waals surface area contributed by atoms with Gasteiger partial charge in [0.15, 0.2) is 16.7 Å². The normalized spacial score (nSPS) is 17.5. The van der Waals surface area contributed by atoms with Gasteiger partial charge in [0, 0.05) is 13.0 Å². The van der Waals surface area contributed by atoms with Crippen LogP contribution in [0.5, 0.6) is 11.5 Å². The van der Waals surface area contributed by atoms with Crippen molar-refractivity contribution in [1.29, 1.82) is 0 Å². The predicted octanol–water partition coefficient (Wildman–Crippen LogP) is 2.73. The SMILES string of the molecule is CCNC(=NCc1ccc2c(c1)OCO2)SC1CC(=O)N(c2ccc(C(=O)OC)cc2)C1=O. The predicted molar refractivity (Wildman–Crippen MR) is 124 cm³/mol. The molecule has 1 atom stereocenters. The Morgan fingerprint density at radius 2 is 1.94 bits per heavy atom. The molecule has 2 aliphatic rings. The maximum absolute atomic E-state index is 13.0. The third-order valence-electron chi connectivity index (χ3n) is 5.08. The van der Waals surface area contributed by atoms with Crippen molar-refractivity contribution in [3.8, 4) is 11.5 Å². The van der Waals surface area contributed by atoms with Crippen molar-refractivity contribution in [2.45, 2.75) is 25.1 Å². The Kier molecular flexibility index (Phi) is 6.83. The fourth-order valence-electron chi connectivity index (χ4n) is 3.46. The molecule has 10 heteroatoms. The number of benzene rings is 2. The summed E-state index contributed by atoms with van der Waals surface area (Å²) in [5.41, 5.74) is 1.70. The molecule has 0 bridgehead atoms. The van der Waals surface area contributed by atoms with E-state index >= 15 is 0 Å². The van der Waals surface area contributed by atoms with Crippen LogP contribution in [0.3, 0.4) is 0 Å². The molecule has 1 saturated heterocycles. The van der Waals surface area contributed by atoms with E-state index in [4.69, 9.17) is 9.47 Å². The zero-order valence-electron chi connectivity index (χ0n) is 18.2. The van der Waals surface area contributed by atoms with Crippen LogP contribution in [0.2, 0.25) is 0 Å². The third-order valence-corrected chi connectivity index (χ3v) is 6.23. The molecule has 2 heterocycles. The molecular formula is C23H23N3O6S. The van der Waals surface area contributed by atoms with Crippen molar-refractivity contribution in [2.24, 2.45) is 4.99 Å². The molecular weight excluding hydrogens is 446 g/mol. The quantitative estimate of drug-likeness (QED) is 0.298. The van der Waals surface area contributed by atoms with Gasteiger partial charge in [0.05, 0.1) is 24.9 Å². The van der Waals surface area contributed by atoms with E-state index in [1.165, 1.54) is 31.0 Å². The molecule has 33 heavy (non-hydrogen) atoms. The lowest BCUT2D eigenvalue weighted by atomic mass is 10.2. The van der Waals surface area contributed by atoms with Crippen LogP contribution in [0.1, 0.15) is 29.3 Å². The Labute approximate surface area is 195 Å². The number of nitrogens with zero attached hydrogens (tertiary/aromatic N) is 2. The zero-order valence-corrected chi connectivity index (χ0v) is 19.0. The number of amides is 2. The van der Waals surface area contributed by atoms with Gasteiger partial charge in [0.1, 0.15) is 5.25 Å². The molecule has 0 spiro atoms. The van der Waals surface area contributed by atoms with Crippen LogP contribution in [-0.2, 0) is 20.9 Å². The molecule has 1 unspecified atom stereocenters. The van der Waals surface area contributed by atoms with E-state index in [0.29, 0.717) is 41.0 Å². The average Bonchev–Trinajstić information content (AvgIpc) is 3.40. The number of aliphatic imine (C=N–C) groups is 1. The van der Waals surface area contributed by atoms with Crippen LogP contribution in [0.25, 0.3) is 0 Å². The highest BCUT2D eigenvalue weighted by atomic mass is 32.2. The number of nitrogens with one attached hydrogen (secondary N) is 1. The Hall–Kier alpha value is -3.53. The van der Waals surface area contributed by atoms with Crippen LogP contribution in [0, 0.1) is 0 Å². The Morgan fingerprint density at radius 1 is 1.18 bits per heavy atom. The molecule has 1 N–H and O–H groups in total. The maximum atomic E-state index is 13.0. The lowest BCUT2D eigenvalue weighted by Gasteiger charge is -2.16. The average molecular weight is 470 g/mol. The van der Waals surface area contributed by atoms with Gasteiger partial charge in [-0.25, -0.2) is 9.69 Å². The zero-order chi connectivity index (χ0) is 23.4. The molecule has 2 aliphatic heterocycles. The van der Waals surface area contributed by atoms with Gasteiger partial charge in [0.2, 0.25) is 18.6 Å². The lowest BCUT2D eigenvalue weighted by Crippen LogP contribution is -2.32. The molecule has 172 valence electrons. The highest BCUT2D eigenvalue weighted by Crippen LogP contribution is 2.33. The number of hydrogen-bond donors (Lipinski definition) is 1. The number of ether oxygens (including phenoxy) is 3. The van der Waals surface area contributed by atoms with Gasteiger partial charge >= 0.3 is 5.97 Å². The second kappa shape index (κ2) is 9.95. The molecule has 4 rings (SSSR count). The summed E-state index contributed by atoms with van der Waals surface area (Å²) in [6, 6.07) is 11.8.